The zero-order valence-electron chi connectivity index (χ0n) is 11.9. The Morgan fingerprint density at radius 1 is 1.09 bits per heavy atom. The summed E-state index contributed by atoms with van der Waals surface area (Å²) in [7, 11) is 0. The van der Waals surface area contributed by atoms with E-state index in [1.54, 1.807) is 24.3 Å². The first-order chi connectivity index (χ1) is 11.0. The Kier molecular flexibility index (Phi) is 5.98. The lowest BCUT2D eigenvalue weighted by molar-refractivity contribution is -0.119. The van der Waals surface area contributed by atoms with Gasteiger partial charge >= 0.3 is 5.97 Å². The Balaban J connectivity index is 1.89. The van der Waals surface area contributed by atoms with Crippen LogP contribution in [0.1, 0.15) is 15.9 Å². The molecule has 0 saturated heterocycles. The summed E-state index contributed by atoms with van der Waals surface area (Å²) >= 11 is 11.7. The fourth-order valence-corrected chi connectivity index (χ4v) is 2.19. The van der Waals surface area contributed by atoms with Crippen LogP contribution in [0.5, 0.6) is 0 Å². The molecule has 0 aliphatic heterocycles. The van der Waals surface area contributed by atoms with Crippen molar-refractivity contribution < 1.29 is 19.4 Å². The van der Waals surface area contributed by atoms with E-state index in [0.29, 0.717) is 21.8 Å². The van der Waals surface area contributed by atoms with Crippen molar-refractivity contribution >= 4 is 40.8 Å². The smallest absolute Gasteiger partial charge is 0.338 e. The number of halogens is 2. The first kappa shape index (κ1) is 17.3. The van der Waals surface area contributed by atoms with Crippen molar-refractivity contribution in [1.29, 1.82) is 0 Å². The number of aliphatic hydroxyl groups is 1. The van der Waals surface area contributed by atoms with Gasteiger partial charge < -0.3 is 15.2 Å². The summed E-state index contributed by atoms with van der Waals surface area (Å²) in [6.45, 7) is -0.556. The molecule has 7 heteroatoms. The van der Waals surface area contributed by atoms with E-state index in [-0.39, 0.29) is 11.6 Å². The molecule has 0 unspecified atom stereocenters. The number of anilines is 1. The predicted molar refractivity (Wildman–Crippen MR) is 87.7 cm³/mol. The van der Waals surface area contributed by atoms with Crippen LogP contribution in [-0.2, 0) is 16.1 Å². The molecule has 0 saturated carbocycles. The number of ether oxygens (including phenoxy) is 1. The molecule has 2 N–H and O–H groups in total. The number of esters is 1. The molecule has 0 bridgehead atoms. The van der Waals surface area contributed by atoms with Gasteiger partial charge in [0.05, 0.1) is 22.9 Å². The van der Waals surface area contributed by atoms with Crippen LogP contribution in [0.3, 0.4) is 0 Å². The molecule has 2 rings (SSSR count). The first-order valence-corrected chi connectivity index (χ1v) is 7.37. The van der Waals surface area contributed by atoms with Gasteiger partial charge in [-0.3, -0.25) is 4.79 Å². The highest BCUT2D eigenvalue weighted by molar-refractivity contribution is 6.36. The number of aliphatic hydroxyl groups excluding tert-OH is 1. The minimum atomic E-state index is -0.633. The molecule has 2 aromatic carbocycles. The maximum Gasteiger partial charge on any atom is 0.338 e. The van der Waals surface area contributed by atoms with E-state index in [2.05, 4.69) is 5.32 Å². The fourth-order valence-electron chi connectivity index (χ4n) is 1.74. The molecule has 0 heterocycles. The molecule has 0 aliphatic rings. The standard InChI is InChI=1S/C16H13Cl2NO4/c17-12-5-6-14(13(18)7-12)19-15(21)9-23-16(22)11-3-1-10(8-20)2-4-11/h1-7,20H,8-9H2,(H,19,21). The maximum atomic E-state index is 11.8. The summed E-state index contributed by atoms with van der Waals surface area (Å²) in [5.41, 5.74) is 1.35. The van der Waals surface area contributed by atoms with Crippen LogP contribution in [0.4, 0.5) is 5.69 Å². The van der Waals surface area contributed by atoms with Crippen LogP contribution < -0.4 is 5.32 Å². The molecule has 0 aromatic heterocycles. The number of hydrogen-bond donors (Lipinski definition) is 2. The topological polar surface area (TPSA) is 75.6 Å². The Morgan fingerprint density at radius 3 is 2.39 bits per heavy atom. The Bertz CT molecular complexity index is 717. The second-order valence-corrected chi connectivity index (χ2v) is 5.45. The van der Waals surface area contributed by atoms with Crippen molar-refractivity contribution in [3.05, 3.63) is 63.6 Å². The number of carbonyl (C=O) groups is 2. The summed E-state index contributed by atoms with van der Waals surface area (Å²) in [4.78, 5) is 23.6. The highest BCUT2D eigenvalue weighted by atomic mass is 35.5. The van der Waals surface area contributed by atoms with Gasteiger partial charge in [-0.2, -0.15) is 0 Å². The zero-order valence-corrected chi connectivity index (χ0v) is 13.4. The average Bonchev–Trinajstić information content (AvgIpc) is 2.55. The van der Waals surface area contributed by atoms with Crippen LogP contribution in [0.15, 0.2) is 42.5 Å². The van der Waals surface area contributed by atoms with Gasteiger partial charge in [0.2, 0.25) is 0 Å². The lowest BCUT2D eigenvalue weighted by Crippen LogP contribution is -2.21. The van der Waals surface area contributed by atoms with Crippen LogP contribution in [-0.4, -0.2) is 23.6 Å². The van der Waals surface area contributed by atoms with Crippen LogP contribution in [0, 0.1) is 0 Å². The van der Waals surface area contributed by atoms with Crippen molar-refractivity contribution in [2.75, 3.05) is 11.9 Å². The van der Waals surface area contributed by atoms with Gasteiger partial charge in [0.1, 0.15) is 0 Å². The Labute approximate surface area is 142 Å². The second-order valence-electron chi connectivity index (χ2n) is 4.60. The van der Waals surface area contributed by atoms with Gasteiger partial charge in [-0.05, 0) is 35.9 Å². The molecule has 0 fully saturated rings. The van der Waals surface area contributed by atoms with Gasteiger partial charge in [0.15, 0.2) is 6.61 Å². The van der Waals surface area contributed by atoms with Crippen molar-refractivity contribution in [3.8, 4) is 0 Å². The number of amides is 1. The van der Waals surface area contributed by atoms with Gasteiger partial charge in [-0.15, -0.1) is 0 Å². The minimum Gasteiger partial charge on any atom is -0.452 e. The molecule has 0 atom stereocenters. The highest BCUT2D eigenvalue weighted by Gasteiger charge is 2.11. The molecule has 5 nitrogen and oxygen atoms in total. The number of nitrogens with one attached hydrogen (secondary N) is 1. The molecule has 1 amide bonds. The molecule has 0 aliphatic carbocycles. The molecule has 120 valence electrons. The van der Waals surface area contributed by atoms with Crippen LogP contribution >= 0.6 is 23.2 Å². The quantitative estimate of drug-likeness (QED) is 0.808. The van der Waals surface area contributed by atoms with E-state index >= 15 is 0 Å². The summed E-state index contributed by atoms with van der Waals surface area (Å²) < 4.78 is 4.92. The number of carbonyl (C=O) groups excluding carboxylic acids is 2. The summed E-state index contributed by atoms with van der Waals surface area (Å²) in [6, 6.07) is 10.9. The number of benzene rings is 2. The maximum absolute atomic E-state index is 11.8. The molecular weight excluding hydrogens is 341 g/mol. The lowest BCUT2D eigenvalue weighted by atomic mass is 10.1. The molecular formula is C16H13Cl2NO4. The summed E-state index contributed by atoms with van der Waals surface area (Å²) in [5.74, 6) is -1.15. The van der Waals surface area contributed by atoms with Crippen molar-refractivity contribution in [3.63, 3.8) is 0 Å². The van der Waals surface area contributed by atoms with Gasteiger partial charge in [-0.1, -0.05) is 35.3 Å². The predicted octanol–water partition coefficient (Wildman–Crippen LogP) is 3.28. The van der Waals surface area contributed by atoms with Crippen LogP contribution in [0.25, 0.3) is 0 Å². The van der Waals surface area contributed by atoms with Gasteiger partial charge in [-0.25, -0.2) is 4.79 Å². The monoisotopic (exact) mass is 353 g/mol. The minimum absolute atomic E-state index is 0.112. The largest absolute Gasteiger partial charge is 0.452 e. The summed E-state index contributed by atoms with van der Waals surface area (Å²) in [5, 5.41) is 12.2. The molecule has 2 aromatic rings. The van der Waals surface area contributed by atoms with E-state index < -0.39 is 18.5 Å². The SMILES string of the molecule is O=C(COC(=O)c1ccc(CO)cc1)Nc1ccc(Cl)cc1Cl. The molecule has 0 radical (unpaired) electrons. The third-order valence-corrected chi connectivity index (χ3v) is 3.46. The van der Waals surface area contributed by atoms with E-state index in [9.17, 15) is 9.59 Å². The average molecular weight is 354 g/mol. The normalized spacial score (nSPS) is 10.2. The molecule has 23 heavy (non-hydrogen) atoms. The third-order valence-electron chi connectivity index (χ3n) is 2.91. The Morgan fingerprint density at radius 2 is 1.78 bits per heavy atom. The van der Waals surface area contributed by atoms with Crippen molar-refractivity contribution in [2.24, 2.45) is 0 Å². The second kappa shape index (κ2) is 7.97. The van der Waals surface area contributed by atoms with E-state index in [0.717, 1.165) is 0 Å². The van der Waals surface area contributed by atoms with Crippen molar-refractivity contribution in [2.45, 2.75) is 6.61 Å². The van der Waals surface area contributed by atoms with E-state index in [4.69, 9.17) is 33.0 Å². The number of rotatable bonds is 5. The van der Waals surface area contributed by atoms with Gasteiger partial charge in [0, 0.05) is 5.02 Å². The van der Waals surface area contributed by atoms with Crippen molar-refractivity contribution in [1.82, 2.24) is 0 Å². The van der Waals surface area contributed by atoms with Gasteiger partial charge in [0.25, 0.3) is 5.91 Å². The lowest BCUT2D eigenvalue weighted by Gasteiger charge is -2.08. The Hall–Kier alpha value is -2.08. The molecule has 0 spiro atoms. The zero-order chi connectivity index (χ0) is 16.8. The fraction of sp³-hybridized carbons (Fsp3) is 0.125. The van der Waals surface area contributed by atoms with E-state index in [1.807, 2.05) is 0 Å². The van der Waals surface area contributed by atoms with Crippen LogP contribution in [0.2, 0.25) is 10.0 Å². The van der Waals surface area contributed by atoms with E-state index in [1.165, 1.54) is 18.2 Å². The first-order valence-electron chi connectivity index (χ1n) is 6.61. The third kappa shape index (κ3) is 4.96. The highest BCUT2D eigenvalue weighted by Crippen LogP contribution is 2.25. The number of hydrogen-bond acceptors (Lipinski definition) is 4. The summed E-state index contributed by atoms with van der Waals surface area (Å²) in [6.07, 6.45) is 0.